The van der Waals surface area contributed by atoms with Gasteiger partial charge in [-0.25, -0.2) is 13.2 Å². The van der Waals surface area contributed by atoms with Crippen LogP contribution < -0.4 is 5.32 Å². The Morgan fingerprint density at radius 1 is 1.21 bits per heavy atom. The molecule has 1 amide bonds. The first-order valence-corrected chi connectivity index (χ1v) is 11.8. The van der Waals surface area contributed by atoms with E-state index in [1.807, 2.05) is 0 Å². The lowest BCUT2D eigenvalue weighted by Gasteiger charge is -2.30. The first-order chi connectivity index (χ1) is 13.7. The van der Waals surface area contributed by atoms with E-state index in [2.05, 4.69) is 12.2 Å². The number of nitrogens with one attached hydrogen (secondary N) is 1. The molecule has 0 radical (unpaired) electrons. The minimum absolute atomic E-state index is 0.0313. The van der Waals surface area contributed by atoms with Crippen LogP contribution in [0.1, 0.15) is 63.7 Å². The van der Waals surface area contributed by atoms with Crippen molar-refractivity contribution in [2.45, 2.75) is 70.4 Å². The molecule has 0 heterocycles. The molecule has 0 saturated heterocycles. The summed E-state index contributed by atoms with van der Waals surface area (Å²) in [4.78, 5) is 25.0. The van der Waals surface area contributed by atoms with Crippen LogP contribution in [0, 0.1) is 5.92 Å². The van der Waals surface area contributed by atoms with Gasteiger partial charge in [-0.05, 0) is 43.9 Å². The molecule has 0 unspecified atom stereocenters. The van der Waals surface area contributed by atoms with Crippen molar-refractivity contribution in [2.24, 2.45) is 5.92 Å². The van der Waals surface area contributed by atoms with Crippen LogP contribution in [0.3, 0.4) is 0 Å². The lowest BCUT2D eigenvalue weighted by atomic mass is 9.86. The summed E-state index contributed by atoms with van der Waals surface area (Å²) in [5, 5.41) is 2.97. The minimum Gasteiger partial charge on any atom is -0.449 e. The molecular weight excluding hydrogens is 392 g/mol. The van der Waals surface area contributed by atoms with E-state index in [-0.39, 0.29) is 22.4 Å². The molecule has 1 aromatic carbocycles. The maximum absolute atomic E-state index is 12.7. The molecule has 1 aromatic rings. The summed E-state index contributed by atoms with van der Waals surface area (Å²) in [6.45, 7) is 7.83. The fourth-order valence-corrected chi connectivity index (χ4v) is 5.11. The summed E-state index contributed by atoms with van der Waals surface area (Å²) >= 11 is 0. The van der Waals surface area contributed by atoms with Crippen molar-refractivity contribution in [1.29, 1.82) is 0 Å². The highest BCUT2D eigenvalue weighted by atomic mass is 32.2. The Labute approximate surface area is 173 Å². The standard InChI is InChI=1S/C21H32N2O5S/c1-5-23(6-2)29(26,27)18-12-9-11-17(14-18)21(25)28-16(4)20(24)22-19-13-8-7-10-15(19)3/h9,11-12,14-16,19H,5-8,10,13H2,1-4H3,(H,22,24)/t15-,16-,19-/m0/s1. The topological polar surface area (TPSA) is 92.8 Å². The van der Waals surface area contributed by atoms with Crippen molar-refractivity contribution in [3.63, 3.8) is 0 Å². The average molecular weight is 425 g/mol. The molecule has 0 aromatic heterocycles. The summed E-state index contributed by atoms with van der Waals surface area (Å²) < 4.78 is 31.9. The number of ether oxygens (including phenoxy) is 1. The maximum Gasteiger partial charge on any atom is 0.338 e. The van der Waals surface area contributed by atoms with Gasteiger partial charge in [0.2, 0.25) is 10.0 Å². The van der Waals surface area contributed by atoms with Crippen LogP contribution in [0.2, 0.25) is 0 Å². The highest BCUT2D eigenvalue weighted by Crippen LogP contribution is 2.24. The van der Waals surface area contributed by atoms with Gasteiger partial charge in [0.15, 0.2) is 6.10 Å². The Kier molecular flexibility index (Phi) is 8.22. The van der Waals surface area contributed by atoms with E-state index in [1.165, 1.54) is 41.9 Å². The van der Waals surface area contributed by atoms with Gasteiger partial charge < -0.3 is 10.1 Å². The Bertz CT molecular complexity index is 820. The van der Waals surface area contributed by atoms with E-state index in [9.17, 15) is 18.0 Å². The van der Waals surface area contributed by atoms with E-state index in [1.54, 1.807) is 13.8 Å². The largest absolute Gasteiger partial charge is 0.449 e. The smallest absolute Gasteiger partial charge is 0.338 e. The number of amides is 1. The molecule has 8 heteroatoms. The summed E-state index contributed by atoms with van der Waals surface area (Å²) in [6, 6.07) is 5.83. The molecule has 0 spiro atoms. The Morgan fingerprint density at radius 3 is 2.48 bits per heavy atom. The lowest BCUT2D eigenvalue weighted by Crippen LogP contribution is -2.46. The van der Waals surface area contributed by atoms with Crippen LogP contribution in [0.15, 0.2) is 29.2 Å². The predicted octanol–water partition coefficient (Wildman–Crippen LogP) is 2.96. The third-order valence-electron chi connectivity index (χ3n) is 5.51. The quantitative estimate of drug-likeness (QED) is 0.648. The van der Waals surface area contributed by atoms with Crippen molar-refractivity contribution in [2.75, 3.05) is 13.1 Å². The molecular formula is C21H32N2O5S. The number of rotatable bonds is 8. The second-order valence-electron chi connectivity index (χ2n) is 7.54. The highest BCUT2D eigenvalue weighted by molar-refractivity contribution is 7.89. The van der Waals surface area contributed by atoms with Gasteiger partial charge in [0.25, 0.3) is 5.91 Å². The molecule has 1 aliphatic rings. The van der Waals surface area contributed by atoms with Crippen LogP contribution in [-0.4, -0.2) is 49.8 Å². The molecule has 2 rings (SSSR count). The number of sulfonamides is 1. The van der Waals surface area contributed by atoms with Gasteiger partial charge in [0.05, 0.1) is 10.5 Å². The fourth-order valence-electron chi connectivity index (χ4n) is 3.61. The molecule has 7 nitrogen and oxygen atoms in total. The molecule has 1 fully saturated rings. The number of hydrogen-bond acceptors (Lipinski definition) is 5. The Balaban J connectivity index is 2.06. The monoisotopic (exact) mass is 424 g/mol. The second-order valence-corrected chi connectivity index (χ2v) is 9.48. The van der Waals surface area contributed by atoms with E-state index in [4.69, 9.17) is 4.74 Å². The van der Waals surface area contributed by atoms with Gasteiger partial charge in [-0.15, -0.1) is 0 Å². The molecule has 29 heavy (non-hydrogen) atoms. The summed E-state index contributed by atoms with van der Waals surface area (Å²) in [7, 11) is -3.68. The van der Waals surface area contributed by atoms with E-state index < -0.39 is 22.1 Å². The van der Waals surface area contributed by atoms with E-state index in [0.29, 0.717) is 19.0 Å². The zero-order valence-corrected chi connectivity index (χ0v) is 18.5. The molecule has 1 aliphatic carbocycles. The molecule has 162 valence electrons. The number of esters is 1. The van der Waals surface area contributed by atoms with Crippen LogP contribution >= 0.6 is 0 Å². The summed E-state index contributed by atoms with van der Waals surface area (Å²) in [5.74, 6) is -0.650. The van der Waals surface area contributed by atoms with Crippen LogP contribution in [0.25, 0.3) is 0 Å². The van der Waals surface area contributed by atoms with Crippen molar-refractivity contribution >= 4 is 21.9 Å². The van der Waals surface area contributed by atoms with Crippen LogP contribution in [-0.2, 0) is 19.6 Å². The first kappa shape index (κ1) is 23.3. The molecule has 0 bridgehead atoms. The Hall–Kier alpha value is -1.93. The van der Waals surface area contributed by atoms with Crippen molar-refractivity contribution < 1.29 is 22.7 Å². The van der Waals surface area contributed by atoms with Crippen LogP contribution in [0.5, 0.6) is 0 Å². The zero-order chi connectivity index (χ0) is 21.6. The van der Waals surface area contributed by atoms with Crippen LogP contribution in [0.4, 0.5) is 0 Å². The van der Waals surface area contributed by atoms with Crippen molar-refractivity contribution in [3.05, 3.63) is 29.8 Å². The van der Waals surface area contributed by atoms with Gasteiger partial charge in [0.1, 0.15) is 0 Å². The molecule has 1 saturated carbocycles. The Morgan fingerprint density at radius 2 is 1.86 bits per heavy atom. The number of hydrogen-bond donors (Lipinski definition) is 1. The SMILES string of the molecule is CCN(CC)S(=O)(=O)c1cccc(C(=O)O[C@@H](C)C(=O)N[C@H]2CCCC[C@@H]2C)c1. The number of benzene rings is 1. The lowest BCUT2D eigenvalue weighted by molar-refractivity contribution is -0.130. The third kappa shape index (κ3) is 5.79. The summed E-state index contributed by atoms with van der Waals surface area (Å²) in [5.41, 5.74) is 0.101. The van der Waals surface area contributed by atoms with Gasteiger partial charge in [-0.3, -0.25) is 4.79 Å². The van der Waals surface area contributed by atoms with Gasteiger partial charge >= 0.3 is 5.97 Å². The predicted molar refractivity (Wildman–Crippen MR) is 111 cm³/mol. The van der Waals surface area contributed by atoms with E-state index >= 15 is 0 Å². The van der Waals surface area contributed by atoms with Gasteiger partial charge in [0, 0.05) is 19.1 Å². The summed E-state index contributed by atoms with van der Waals surface area (Å²) in [6.07, 6.45) is 3.30. The maximum atomic E-state index is 12.7. The van der Waals surface area contributed by atoms with Gasteiger partial charge in [-0.1, -0.05) is 39.7 Å². The number of carbonyl (C=O) groups excluding carboxylic acids is 2. The molecule has 0 aliphatic heterocycles. The number of carbonyl (C=O) groups is 2. The molecule has 1 N–H and O–H groups in total. The van der Waals surface area contributed by atoms with Crippen molar-refractivity contribution in [1.82, 2.24) is 9.62 Å². The first-order valence-electron chi connectivity index (χ1n) is 10.3. The molecule has 3 atom stereocenters. The van der Waals surface area contributed by atoms with E-state index in [0.717, 1.165) is 19.3 Å². The zero-order valence-electron chi connectivity index (χ0n) is 17.7. The minimum atomic E-state index is -3.68. The second kappa shape index (κ2) is 10.2. The number of nitrogens with zero attached hydrogens (tertiary/aromatic N) is 1. The third-order valence-corrected chi connectivity index (χ3v) is 7.55. The highest BCUT2D eigenvalue weighted by Gasteiger charge is 2.27. The fraction of sp³-hybridized carbons (Fsp3) is 0.619. The normalized spacial score (nSPS) is 20.9. The average Bonchev–Trinajstić information content (AvgIpc) is 2.70. The van der Waals surface area contributed by atoms with Crippen molar-refractivity contribution in [3.8, 4) is 0 Å². The van der Waals surface area contributed by atoms with Gasteiger partial charge in [-0.2, -0.15) is 4.31 Å².